The van der Waals surface area contributed by atoms with E-state index in [9.17, 15) is 0 Å². The number of rotatable bonds is 4. The minimum atomic E-state index is 0.125. The fourth-order valence-corrected chi connectivity index (χ4v) is 2.68. The Hall–Kier alpha value is -2.82. The van der Waals surface area contributed by atoms with Gasteiger partial charge < -0.3 is 15.6 Å². The van der Waals surface area contributed by atoms with E-state index < -0.39 is 0 Å². The minimum absolute atomic E-state index is 0.125. The zero-order valence-corrected chi connectivity index (χ0v) is 13.5. The molecule has 0 fully saturated rings. The monoisotopic (exact) mass is 308 g/mol. The summed E-state index contributed by atoms with van der Waals surface area (Å²) in [6, 6.07) is 12.3. The standard InChI is InChI=1S/C18H20N4O/c1-11(14-7-5-4-6-8-14)21-16-9-15(10-20-18(16)19)17-12(2)22-23-13(17)3/h4-11,21H,1-3H3,(H2,19,20). The molecule has 0 saturated carbocycles. The molecule has 0 amide bonds. The topological polar surface area (TPSA) is 77.0 Å². The molecule has 1 unspecified atom stereocenters. The van der Waals surface area contributed by atoms with E-state index in [1.807, 2.05) is 38.1 Å². The maximum absolute atomic E-state index is 6.03. The van der Waals surface area contributed by atoms with Gasteiger partial charge in [0.15, 0.2) is 0 Å². The third kappa shape index (κ3) is 3.04. The summed E-state index contributed by atoms with van der Waals surface area (Å²) in [5.41, 5.74) is 10.8. The average Bonchev–Trinajstić information content (AvgIpc) is 2.89. The van der Waals surface area contributed by atoms with E-state index in [-0.39, 0.29) is 6.04 Å². The van der Waals surface area contributed by atoms with Gasteiger partial charge >= 0.3 is 0 Å². The number of pyridine rings is 1. The van der Waals surface area contributed by atoms with E-state index in [4.69, 9.17) is 10.3 Å². The lowest BCUT2D eigenvalue weighted by molar-refractivity contribution is 0.393. The first-order valence-electron chi connectivity index (χ1n) is 7.56. The molecule has 0 aliphatic heterocycles. The van der Waals surface area contributed by atoms with Gasteiger partial charge in [-0.2, -0.15) is 0 Å². The average molecular weight is 308 g/mol. The largest absolute Gasteiger partial charge is 0.382 e. The van der Waals surface area contributed by atoms with Crippen LogP contribution >= 0.6 is 0 Å². The molecule has 3 N–H and O–H groups in total. The number of nitrogen functional groups attached to an aromatic ring is 1. The summed E-state index contributed by atoms with van der Waals surface area (Å²) < 4.78 is 5.24. The first-order chi connectivity index (χ1) is 11.1. The molecule has 5 heteroatoms. The molecule has 0 aliphatic carbocycles. The van der Waals surface area contributed by atoms with Gasteiger partial charge in [-0.15, -0.1) is 0 Å². The van der Waals surface area contributed by atoms with Crippen LogP contribution < -0.4 is 11.1 Å². The van der Waals surface area contributed by atoms with Crippen LogP contribution in [0.3, 0.4) is 0 Å². The molecule has 0 radical (unpaired) electrons. The number of aromatic nitrogens is 2. The number of anilines is 2. The summed E-state index contributed by atoms with van der Waals surface area (Å²) in [6.45, 7) is 5.91. The van der Waals surface area contributed by atoms with E-state index in [1.165, 1.54) is 5.56 Å². The highest BCUT2D eigenvalue weighted by molar-refractivity contribution is 5.75. The van der Waals surface area contributed by atoms with Crippen LogP contribution in [0.4, 0.5) is 11.5 Å². The molecule has 2 aromatic heterocycles. The maximum atomic E-state index is 6.03. The number of aryl methyl sites for hydroxylation is 2. The second kappa shape index (κ2) is 6.12. The second-order valence-corrected chi connectivity index (χ2v) is 5.63. The third-order valence-electron chi connectivity index (χ3n) is 3.91. The van der Waals surface area contributed by atoms with Crippen LogP contribution in [-0.4, -0.2) is 10.1 Å². The highest BCUT2D eigenvalue weighted by Crippen LogP contribution is 2.31. The Morgan fingerprint density at radius 1 is 1.17 bits per heavy atom. The number of nitrogens with zero attached hydrogens (tertiary/aromatic N) is 2. The third-order valence-corrected chi connectivity index (χ3v) is 3.91. The van der Waals surface area contributed by atoms with Crippen LogP contribution in [0.25, 0.3) is 11.1 Å². The van der Waals surface area contributed by atoms with Crippen molar-refractivity contribution in [2.45, 2.75) is 26.8 Å². The molecule has 5 nitrogen and oxygen atoms in total. The van der Waals surface area contributed by atoms with Crippen molar-refractivity contribution < 1.29 is 4.52 Å². The molecular formula is C18H20N4O. The van der Waals surface area contributed by atoms with E-state index in [2.05, 4.69) is 34.5 Å². The van der Waals surface area contributed by atoms with Gasteiger partial charge in [-0.25, -0.2) is 4.98 Å². The van der Waals surface area contributed by atoms with E-state index in [1.54, 1.807) is 6.20 Å². The lowest BCUT2D eigenvalue weighted by Crippen LogP contribution is -2.09. The number of nitrogens with two attached hydrogens (primary N) is 1. The van der Waals surface area contributed by atoms with E-state index in [0.717, 1.165) is 28.3 Å². The molecular weight excluding hydrogens is 288 g/mol. The van der Waals surface area contributed by atoms with Crippen molar-refractivity contribution in [3.05, 3.63) is 59.6 Å². The minimum Gasteiger partial charge on any atom is -0.382 e. The van der Waals surface area contributed by atoms with Crippen molar-refractivity contribution in [2.75, 3.05) is 11.1 Å². The Labute approximate surface area is 135 Å². The fourth-order valence-electron chi connectivity index (χ4n) is 2.68. The molecule has 1 aromatic carbocycles. The van der Waals surface area contributed by atoms with Gasteiger partial charge in [0.1, 0.15) is 11.6 Å². The predicted octanol–water partition coefficient (Wildman–Crippen LogP) is 4.11. The molecule has 118 valence electrons. The molecule has 0 bridgehead atoms. The van der Waals surface area contributed by atoms with Crippen molar-refractivity contribution in [1.82, 2.24) is 10.1 Å². The predicted molar refractivity (Wildman–Crippen MR) is 92.1 cm³/mol. The van der Waals surface area contributed by atoms with Crippen LogP contribution in [0.15, 0.2) is 47.1 Å². The van der Waals surface area contributed by atoms with Crippen LogP contribution in [0.2, 0.25) is 0 Å². The van der Waals surface area contributed by atoms with Gasteiger partial charge in [0.05, 0.1) is 11.4 Å². The number of hydrogen-bond donors (Lipinski definition) is 2. The molecule has 0 spiro atoms. The van der Waals surface area contributed by atoms with Crippen molar-refractivity contribution >= 4 is 11.5 Å². The smallest absolute Gasteiger partial charge is 0.146 e. The molecule has 3 aromatic rings. The summed E-state index contributed by atoms with van der Waals surface area (Å²) in [7, 11) is 0. The zero-order chi connectivity index (χ0) is 16.4. The summed E-state index contributed by atoms with van der Waals surface area (Å²) in [5, 5.41) is 7.43. The number of benzene rings is 1. The first-order valence-corrected chi connectivity index (χ1v) is 7.56. The fraction of sp³-hybridized carbons (Fsp3) is 0.222. The first kappa shape index (κ1) is 15.1. The van der Waals surface area contributed by atoms with Gasteiger partial charge in [0.25, 0.3) is 0 Å². The van der Waals surface area contributed by atoms with Crippen LogP contribution in [-0.2, 0) is 0 Å². The normalized spacial score (nSPS) is 12.1. The SMILES string of the molecule is Cc1noc(C)c1-c1cnc(N)c(NC(C)c2ccccc2)c1. The molecule has 1 atom stereocenters. The second-order valence-electron chi connectivity index (χ2n) is 5.63. The number of nitrogens with one attached hydrogen (secondary N) is 1. The van der Waals surface area contributed by atoms with E-state index in [0.29, 0.717) is 5.82 Å². The lowest BCUT2D eigenvalue weighted by atomic mass is 10.0. The maximum Gasteiger partial charge on any atom is 0.146 e. The van der Waals surface area contributed by atoms with Gasteiger partial charge in [0, 0.05) is 23.4 Å². The Morgan fingerprint density at radius 3 is 2.57 bits per heavy atom. The van der Waals surface area contributed by atoms with E-state index >= 15 is 0 Å². The van der Waals surface area contributed by atoms with Crippen LogP contribution in [0.5, 0.6) is 0 Å². The Bertz CT molecular complexity index is 792. The quantitative estimate of drug-likeness (QED) is 0.758. The summed E-state index contributed by atoms with van der Waals surface area (Å²) >= 11 is 0. The summed E-state index contributed by atoms with van der Waals surface area (Å²) in [5.74, 6) is 1.25. The van der Waals surface area contributed by atoms with Gasteiger partial charge in [0.2, 0.25) is 0 Å². The molecule has 0 aliphatic rings. The Kier molecular flexibility index (Phi) is 4.02. The molecule has 0 saturated heterocycles. The van der Waals surface area contributed by atoms with Crippen molar-refractivity contribution in [3.63, 3.8) is 0 Å². The van der Waals surface area contributed by atoms with Crippen LogP contribution in [0, 0.1) is 13.8 Å². The Morgan fingerprint density at radius 2 is 1.91 bits per heavy atom. The molecule has 3 rings (SSSR count). The number of hydrogen-bond acceptors (Lipinski definition) is 5. The Balaban J connectivity index is 1.93. The van der Waals surface area contributed by atoms with Crippen molar-refractivity contribution in [2.24, 2.45) is 0 Å². The highest BCUT2D eigenvalue weighted by Gasteiger charge is 2.15. The van der Waals surface area contributed by atoms with Crippen molar-refractivity contribution in [3.8, 4) is 11.1 Å². The van der Waals surface area contributed by atoms with Gasteiger partial charge in [-0.05, 0) is 32.4 Å². The van der Waals surface area contributed by atoms with Gasteiger partial charge in [-0.3, -0.25) is 0 Å². The summed E-state index contributed by atoms with van der Waals surface area (Å²) in [6.07, 6.45) is 1.75. The highest BCUT2D eigenvalue weighted by atomic mass is 16.5. The summed E-state index contributed by atoms with van der Waals surface area (Å²) in [4.78, 5) is 4.31. The molecule has 2 heterocycles. The lowest BCUT2D eigenvalue weighted by Gasteiger charge is -2.17. The molecule has 23 heavy (non-hydrogen) atoms. The van der Waals surface area contributed by atoms with Crippen LogP contribution in [0.1, 0.15) is 30.0 Å². The van der Waals surface area contributed by atoms with Gasteiger partial charge in [-0.1, -0.05) is 35.5 Å². The zero-order valence-electron chi connectivity index (χ0n) is 13.5. The van der Waals surface area contributed by atoms with Crippen molar-refractivity contribution in [1.29, 1.82) is 0 Å².